The Bertz CT molecular complexity index is 940. The third kappa shape index (κ3) is 3.97. The van der Waals surface area contributed by atoms with E-state index in [2.05, 4.69) is 4.74 Å². The molecule has 0 saturated heterocycles. The molecule has 8 heteroatoms. The van der Waals surface area contributed by atoms with Crippen molar-refractivity contribution in [2.45, 2.75) is 37.6 Å². The second-order valence-corrected chi connectivity index (χ2v) is 7.21. The Labute approximate surface area is 165 Å². The monoisotopic (exact) mass is 408 g/mol. The molecule has 1 N–H and O–H groups in total. The van der Waals surface area contributed by atoms with Gasteiger partial charge in [0.2, 0.25) is 0 Å². The Kier molecular flexibility index (Phi) is 4.80. The molecule has 2 aromatic rings. The van der Waals surface area contributed by atoms with Crippen LogP contribution in [0.25, 0.3) is 0 Å². The van der Waals surface area contributed by atoms with Gasteiger partial charge in [0.1, 0.15) is 23.4 Å². The summed E-state index contributed by atoms with van der Waals surface area (Å²) in [4.78, 5) is 11.1. The third-order valence-corrected chi connectivity index (χ3v) is 5.39. The number of hydrogen-bond acceptors (Lipinski definition) is 4. The number of aliphatic carboxylic acids is 1. The number of hydrogen-bond donors (Lipinski definition) is 1. The normalized spacial score (nSPS) is 22.7. The van der Waals surface area contributed by atoms with Gasteiger partial charge < -0.3 is 19.3 Å². The molecule has 2 aliphatic carbocycles. The fourth-order valence-electron chi connectivity index (χ4n) is 3.97. The second kappa shape index (κ2) is 7.17. The van der Waals surface area contributed by atoms with Crippen molar-refractivity contribution in [3.63, 3.8) is 0 Å². The third-order valence-electron chi connectivity index (χ3n) is 5.39. The maximum absolute atomic E-state index is 12.6. The zero-order chi connectivity index (χ0) is 20.8. The average Bonchev–Trinajstić information content (AvgIpc) is 3.36. The molecule has 154 valence electrons. The Morgan fingerprint density at radius 3 is 2.59 bits per heavy atom. The molecule has 2 aromatic carbocycles. The van der Waals surface area contributed by atoms with Crippen molar-refractivity contribution in [2.24, 2.45) is 5.92 Å². The van der Waals surface area contributed by atoms with Crippen LogP contribution in [-0.4, -0.2) is 24.5 Å². The number of methoxy groups -OCH3 is 1. The van der Waals surface area contributed by atoms with Gasteiger partial charge in [-0.3, -0.25) is 4.79 Å². The number of halogens is 3. The minimum Gasteiger partial charge on any atom is -0.496 e. The quantitative estimate of drug-likeness (QED) is 0.740. The van der Waals surface area contributed by atoms with E-state index in [-0.39, 0.29) is 11.7 Å². The van der Waals surface area contributed by atoms with Crippen LogP contribution in [0.2, 0.25) is 0 Å². The van der Waals surface area contributed by atoms with Crippen molar-refractivity contribution < 1.29 is 37.3 Å². The van der Waals surface area contributed by atoms with Gasteiger partial charge in [0.15, 0.2) is 0 Å². The molecular weight excluding hydrogens is 389 g/mol. The molecule has 2 aliphatic rings. The lowest BCUT2D eigenvalue weighted by Crippen LogP contribution is -2.18. The van der Waals surface area contributed by atoms with Crippen LogP contribution < -0.4 is 14.2 Å². The van der Waals surface area contributed by atoms with E-state index in [1.54, 1.807) is 24.3 Å². The molecule has 4 rings (SSSR count). The smallest absolute Gasteiger partial charge is 0.496 e. The number of carbonyl (C=O) groups is 1. The number of benzene rings is 2. The molecule has 0 amide bonds. The van der Waals surface area contributed by atoms with E-state index in [1.165, 1.54) is 19.2 Å². The molecule has 0 radical (unpaired) electrons. The summed E-state index contributed by atoms with van der Waals surface area (Å²) in [6.07, 6.45) is -3.62. The van der Waals surface area contributed by atoms with Crippen molar-refractivity contribution in [1.29, 1.82) is 0 Å². The largest absolute Gasteiger partial charge is 0.573 e. The summed E-state index contributed by atoms with van der Waals surface area (Å²) in [5, 5.41) is 9.13. The molecule has 1 fully saturated rings. The number of ether oxygens (including phenoxy) is 3. The molecule has 3 atom stereocenters. The Balaban J connectivity index is 1.53. The minimum atomic E-state index is -4.74. The number of carboxylic acid groups (broad SMARTS) is 1. The van der Waals surface area contributed by atoms with Crippen LogP contribution in [0.5, 0.6) is 17.2 Å². The van der Waals surface area contributed by atoms with Crippen LogP contribution >= 0.6 is 0 Å². The van der Waals surface area contributed by atoms with Gasteiger partial charge >= 0.3 is 12.3 Å². The lowest BCUT2D eigenvalue weighted by molar-refractivity contribution is -0.274. The molecule has 1 saturated carbocycles. The zero-order valence-electron chi connectivity index (χ0n) is 15.5. The fourth-order valence-corrected chi connectivity index (χ4v) is 3.97. The van der Waals surface area contributed by atoms with Gasteiger partial charge in [0.25, 0.3) is 0 Å². The molecule has 3 unspecified atom stereocenters. The molecule has 0 heterocycles. The van der Waals surface area contributed by atoms with E-state index in [0.717, 1.165) is 5.56 Å². The standard InChI is InChI=1S/C21H19F3O5/c1-27-19-9-11(5-6-14(19)15-10-16(15)20(25)26)28-17-8-7-13-12(17)3-2-4-18(13)29-21(22,23)24/h2-6,9,15-17H,7-8,10H2,1H3,(H,25,26). The predicted molar refractivity (Wildman–Crippen MR) is 96.3 cm³/mol. The summed E-state index contributed by atoms with van der Waals surface area (Å²) in [7, 11) is 1.51. The molecule has 0 aromatic heterocycles. The Morgan fingerprint density at radius 2 is 1.93 bits per heavy atom. The van der Waals surface area contributed by atoms with Gasteiger partial charge in [-0.05, 0) is 42.5 Å². The van der Waals surface area contributed by atoms with Crippen molar-refractivity contribution in [3.05, 3.63) is 53.1 Å². The zero-order valence-corrected chi connectivity index (χ0v) is 15.5. The second-order valence-electron chi connectivity index (χ2n) is 7.21. The topological polar surface area (TPSA) is 65.0 Å². The lowest BCUT2D eigenvalue weighted by Gasteiger charge is -2.18. The summed E-state index contributed by atoms with van der Waals surface area (Å²) >= 11 is 0. The first kappa shape index (κ1) is 19.4. The number of rotatable bonds is 6. The van der Waals surface area contributed by atoms with Crippen LogP contribution in [0, 0.1) is 5.92 Å². The maximum Gasteiger partial charge on any atom is 0.573 e. The van der Waals surface area contributed by atoms with Gasteiger partial charge in [-0.15, -0.1) is 13.2 Å². The first-order valence-corrected chi connectivity index (χ1v) is 9.21. The molecule has 0 bridgehead atoms. The summed E-state index contributed by atoms with van der Waals surface area (Å²) in [6, 6.07) is 9.79. The highest BCUT2D eigenvalue weighted by Gasteiger charge is 2.45. The molecule has 0 aliphatic heterocycles. The van der Waals surface area contributed by atoms with Gasteiger partial charge in [0.05, 0.1) is 13.0 Å². The highest BCUT2D eigenvalue weighted by atomic mass is 19.4. The van der Waals surface area contributed by atoms with Crippen LogP contribution in [0.4, 0.5) is 13.2 Å². The number of carboxylic acids is 1. The van der Waals surface area contributed by atoms with E-state index < -0.39 is 24.4 Å². The Hall–Kier alpha value is -2.90. The average molecular weight is 408 g/mol. The molecule has 29 heavy (non-hydrogen) atoms. The van der Waals surface area contributed by atoms with Crippen LogP contribution in [0.1, 0.15) is 41.6 Å². The van der Waals surface area contributed by atoms with E-state index in [1.807, 2.05) is 0 Å². The van der Waals surface area contributed by atoms with Crippen LogP contribution in [0.15, 0.2) is 36.4 Å². The minimum absolute atomic E-state index is 0.0780. The van der Waals surface area contributed by atoms with Crippen molar-refractivity contribution in [1.82, 2.24) is 0 Å². The summed E-state index contributed by atoms with van der Waals surface area (Å²) in [5.41, 5.74) is 1.99. The molecular formula is C21H19F3O5. The summed E-state index contributed by atoms with van der Waals surface area (Å²) in [5.74, 6) is -0.434. The van der Waals surface area contributed by atoms with E-state index in [4.69, 9.17) is 14.6 Å². The molecule has 0 spiro atoms. The Morgan fingerprint density at radius 1 is 1.14 bits per heavy atom. The fraction of sp³-hybridized carbons (Fsp3) is 0.381. The van der Waals surface area contributed by atoms with E-state index in [0.29, 0.717) is 41.9 Å². The summed E-state index contributed by atoms with van der Waals surface area (Å²) in [6.45, 7) is 0. The van der Waals surface area contributed by atoms with Gasteiger partial charge in [-0.1, -0.05) is 18.2 Å². The number of alkyl halides is 3. The van der Waals surface area contributed by atoms with Gasteiger partial charge in [0, 0.05) is 17.5 Å². The van der Waals surface area contributed by atoms with Crippen molar-refractivity contribution in [3.8, 4) is 17.2 Å². The van der Waals surface area contributed by atoms with Crippen molar-refractivity contribution >= 4 is 5.97 Å². The number of fused-ring (bicyclic) bond motifs is 1. The van der Waals surface area contributed by atoms with E-state index in [9.17, 15) is 18.0 Å². The van der Waals surface area contributed by atoms with Crippen LogP contribution in [-0.2, 0) is 11.2 Å². The van der Waals surface area contributed by atoms with E-state index >= 15 is 0 Å². The van der Waals surface area contributed by atoms with Crippen molar-refractivity contribution in [2.75, 3.05) is 7.11 Å². The first-order chi connectivity index (χ1) is 13.8. The summed E-state index contributed by atoms with van der Waals surface area (Å²) < 4.78 is 53.4. The highest BCUT2D eigenvalue weighted by molar-refractivity contribution is 5.75. The first-order valence-electron chi connectivity index (χ1n) is 9.21. The predicted octanol–water partition coefficient (Wildman–Crippen LogP) is 4.85. The highest BCUT2D eigenvalue weighted by Crippen LogP contribution is 2.51. The molecule has 5 nitrogen and oxygen atoms in total. The maximum atomic E-state index is 12.6. The van der Waals surface area contributed by atoms with Gasteiger partial charge in [-0.2, -0.15) is 0 Å². The van der Waals surface area contributed by atoms with Gasteiger partial charge in [-0.25, -0.2) is 0 Å². The van der Waals surface area contributed by atoms with Crippen LogP contribution in [0.3, 0.4) is 0 Å². The SMILES string of the molecule is COc1cc(OC2CCc3c(OC(F)(F)F)cccc32)ccc1C1CC1C(=O)O. The lowest BCUT2D eigenvalue weighted by atomic mass is 10.1.